The zero-order valence-corrected chi connectivity index (χ0v) is 13.9. The zero-order valence-electron chi connectivity index (χ0n) is 13.9. The molecule has 0 radical (unpaired) electrons. The monoisotopic (exact) mass is 344 g/mol. The number of carboxylic acid groups (broad SMARTS) is 1. The Hall–Kier alpha value is -2.80. The van der Waals surface area contributed by atoms with Crippen LogP contribution in [0.5, 0.6) is 11.6 Å². The van der Waals surface area contributed by atoms with E-state index in [1.165, 1.54) is 4.90 Å². The van der Waals surface area contributed by atoms with Gasteiger partial charge in [0, 0.05) is 24.9 Å². The molecule has 0 unspecified atom stereocenters. The summed E-state index contributed by atoms with van der Waals surface area (Å²) in [5.41, 5.74) is 1.94. The molecule has 0 spiro atoms. The fraction of sp³-hybridized carbons (Fsp3) is 0.333. The number of hydrogen-bond donors (Lipinski definition) is 1. The predicted molar refractivity (Wildman–Crippen MR) is 91.1 cm³/mol. The molecule has 1 aromatic heterocycles. The highest BCUT2D eigenvalue weighted by molar-refractivity contribution is 5.66. The summed E-state index contributed by atoms with van der Waals surface area (Å²) in [7, 11) is 1.64. The molecule has 1 aliphatic rings. The van der Waals surface area contributed by atoms with Gasteiger partial charge in [0.2, 0.25) is 5.88 Å². The third kappa shape index (κ3) is 4.39. The van der Waals surface area contributed by atoms with Crippen molar-refractivity contribution in [1.82, 2.24) is 9.88 Å². The molecule has 7 nitrogen and oxygen atoms in total. The molecule has 1 amide bonds. The fourth-order valence-electron chi connectivity index (χ4n) is 2.47. The molecule has 1 aromatic carbocycles. The third-order valence-electron chi connectivity index (χ3n) is 3.87. The quantitative estimate of drug-likeness (QED) is 0.777. The minimum atomic E-state index is -0.921. The van der Waals surface area contributed by atoms with Gasteiger partial charge >= 0.3 is 6.09 Å². The number of carbonyl (C=O) groups is 1. The maximum absolute atomic E-state index is 10.7. The molecule has 0 atom stereocenters. The predicted octanol–water partition coefficient (Wildman–Crippen LogP) is 2.51. The molecule has 1 saturated heterocycles. The Bertz CT molecular complexity index is 714. The van der Waals surface area contributed by atoms with Crippen molar-refractivity contribution in [3.63, 3.8) is 0 Å². The molecule has 1 aliphatic heterocycles. The lowest BCUT2D eigenvalue weighted by molar-refractivity contribution is 0.0228. The normalized spacial score (nSPS) is 14.0. The number of benzene rings is 1. The average Bonchev–Trinajstić information content (AvgIpc) is 2.58. The van der Waals surface area contributed by atoms with Gasteiger partial charge in [-0.25, -0.2) is 9.78 Å². The van der Waals surface area contributed by atoms with Crippen LogP contribution >= 0.6 is 0 Å². The van der Waals surface area contributed by atoms with Gasteiger partial charge in [0.15, 0.2) is 0 Å². The first-order valence-corrected chi connectivity index (χ1v) is 7.98. The van der Waals surface area contributed by atoms with Gasteiger partial charge in [0.25, 0.3) is 0 Å². The van der Waals surface area contributed by atoms with Crippen molar-refractivity contribution in [2.24, 2.45) is 0 Å². The van der Waals surface area contributed by atoms with E-state index in [9.17, 15) is 4.79 Å². The topological polar surface area (TPSA) is 81.1 Å². The molecule has 1 fully saturated rings. The standard InChI is InChI=1S/C18H20N2O5/c1-23-7-8-24-15-4-2-3-13(9-15)14-5-6-17(19-10-14)25-16-11-20(12-16)18(21)22/h2-6,9-10,16H,7-8,11-12H2,1H3,(H,21,22). The van der Waals surface area contributed by atoms with Gasteiger partial charge in [0.05, 0.1) is 19.7 Å². The second-order valence-electron chi connectivity index (χ2n) is 5.68. The van der Waals surface area contributed by atoms with Crippen LogP contribution in [0.15, 0.2) is 42.6 Å². The van der Waals surface area contributed by atoms with E-state index >= 15 is 0 Å². The maximum atomic E-state index is 10.7. The number of ether oxygens (including phenoxy) is 3. The first kappa shape index (κ1) is 17.0. The van der Waals surface area contributed by atoms with Crippen LogP contribution in [0.25, 0.3) is 11.1 Å². The molecule has 1 N–H and O–H groups in total. The summed E-state index contributed by atoms with van der Waals surface area (Å²) in [5.74, 6) is 1.27. The largest absolute Gasteiger partial charge is 0.491 e. The Balaban J connectivity index is 1.59. The molecule has 7 heteroatoms. The van der Waals surface area contributed by atoms with Gasteiger partial charge in [0.1, 0.15) is 18.5 Å². The van der Waals surface area contributed by atoms with Gasteiger partial charge in [-0.2, -0.15) is 0 Å². The van der Waals surface area contributed by atoms with E-state index in [4.69, 9.17) is 19.3 Å². The second kappa shape index (κ2) is 7.85. The summed E-state index contributed by atoms with van der Waals surface area (Å²) in [4.78, 5) is 16.3. The van der Waals surface area contributed by atoms with Crippen LogP contribution in [-0.4, -0.2) is 60.6 Å². The highest BCUT2D eigenvalue weighted by atomic mass is 16.5. The molecule has 0 saturated carbocycles. The minimum absolute atomic E-state index is 0.132. The Labute approximate surface area is 145 Å². The van der Waals surface area contributed by atoms with Gasteiger partial charge in [-0.1, -0.05) is 12.1 Å². The number of amides is 1. The van der Waals surface area contributed by atoms with Gasteiger partial charge in [-0.3, -0.25) is 0 Å². The summed E-state index contributed by atoms with van der Waals surface area (Å²) in [5, 5.41) is 8.81. The average molecular weight is 344 g/mol. The molecule has 3 rings (SSSR count). The van der Waals surface area contributed by atoms with Crippen molar-refractivity contribution >= 4 is 6.09 Å². The van der Waals surface area contributed by atoms with E-state index in [-0.39, 0.29) is 6.10 Å². The third-order valence-corrected chi connectivity index (χ3v) is 3.87. The molecule has 132 valence electrons. The Morgan fingerprint density at radius 3 is 2.76 bits per heavy atom. The lowest BCUT2D eigenvalue weighted by Gasteiger charge is -2.36. The first-order valence-electron chi connectivity index (χ1n) is 7.98. The van der Waals surface area contributed by atoms with Crippen molar-refractivity contribution in [3.8, 4) is 22.8 Å². The van der Waals surface area contributed by atoms with Crippen LogP contribution in [0, 0.1) is 0 Å². The Morgan fingerprint density at radius 1 is 1.24 bits per heavy atom. The number of hydrogen-bond acceptors (Lipinski definition) is 5. The fourth-order valence-corrected chi connectivity index (χ4v) is 2.47. The summed E-state index contributed by atoms with van der Waals surface area (Å²) < 4.78 is 16.2. The molecule has 2 aromatic rings. The molecule has 2 heterocycles. The van der Waals surface area contributed by atoms with Crippen LogP contribution in [0.3, 0.4) is 0 Å². The van der Waals surface area contributed by atoms with Crippen molar-refractivity contribution in [2.45, 2.75) is 6.10 Å². The zero-order chi connectivity index (χ0) is 17.6. The van der Waals surface area contributed by atoms with Crippen LogP contribution in [-0.2, 0) is 4.74 Å². The van der Waals surface area contributed by atoms with Crippen molar-refractivity contribution in [1.29, 1.82) is 0 Å². The highest BCUT2D eigenvalue weighted by Crippen LogP contribution is 2.25. The number of rotatable bonds is 7. The van der Waals surface area contributed by atoms with Crippen LogP contribution in [0.4, 0.5) is 4.79 Å². The first-order chi connectivity index (χ1) is 12.2. The van der Waals surface area contributed by atoms with Crippen LogP contribution in [0.2, 0.25) is 0 Å². The molecule has 0 bridgehead atoms. The Morgan fingerprint density at radius 2 is 2.08 bits per heavy atom. The molecule has 25 heavy (non-hydrogen) atoms. The van der Waals surface area contributed by atoms with Crippen LogP contribution in [0.1, 0.15) is 0 Å². The lowest BCUT2D eigenvalue weighted by Crippen LogP contribution is -2.55. The van der Waals surface area contributed by atoms with E-state index in [1.54, 1.807) is 19.4 Å². The Kier molecular flexibility index (Phi) is 5.35. The maximum Gasteiger partial charge on any atom is 0.407 e. The summed E-state index contributed by atoms with van der Waals surface area (Å²) >= 11 is 0. The van der Waals surface area contributed by atoms with Gasteiger partial charge in [-0.15, -0.1) is 0 Å². The van der Waals surface area contributed by atoms with Gasteiger partial charge < -0.3 is 24.2 Å². The van der Waals surface area contributed by atoms with Crippen molar-refractivity contribution in [3.05, 3.63) is 42.6 Å². The molecule has 0 aliphatic carbocycles. The highest BCUT2D eigenvalue weighted by Gasteiger charge is 2.32. The SMILES string of the molecule is COCCOc1cccc(-c2ccc(OC3CN(C(=O)O)C3)nc2)c1. The van der Waals surface area contributed by atoms with Crippen molar-refractivity contribution in [2.75, 3.05) is 33.4 Å². The molecular weight excluding hydrogens is 324 g/mol. The smallest absolute Gasteiger partial charge is 0.407 e. The lowest BCUT2D eigenvalue weighted by atomic mass is 10.1. The van der Waals surface area contributed by atoms with Crippen LogP contribution < -0.4 is 9.47 Å². The second-order valence-corrected chi connectivity index (χ2v) is 5.68. The number of nitrogens with zero attached hydrogens (tertiary/aromatic N) is 2. The van der Waals surface area contributed by atoms with E-state index in [0.717, 1.165) is 16.9 Å². The summed E-state index contributed by atoms with van der Waals surface area (Å²) in [6.07, 6.45) is 0.680. The number of pyridine rings is 1. The van der Waals surface area contributed by atoms with E-state index in [2.05, 4.69) is 4.98 Å². The van der Waals surface area contributed by atoms with Crippen molar-refractivity contribution < 1.29 is 24.1 Å². The number of methoxy groups -OCH3 is 1. The van der Waals surface area contributed by atoms with E-state index in [0.29, 0.717) is 32.2 Å². The van der Waals surface area contributed by atoms with E-state index < -0.39 is 6.09 Å². The molecular formula is C18H20N2O5. The summed E-state index contributed by atoms with van der Waals surface area (Å²) in [6.45, 7) is 1.79. The number of likely N-dealkylation sites (tertiary alicyclic amines) is 1. The van der Waals surface area contributed by atoms with Gasteiger partial charge in [-0.05, 0) is 23.8 Å². The summed E-state index contributed by atoms with van der Waals surface area (Å²) in [6, 6.07) is 11.5. The number of aromatic nitrogens is 1. The minimum Gasteiger partial charge on any atom is -0.491 e. The van der Waals surface area contributed by atoms with E-state index in [1.807, 2.05) is 30.3 Å².